The maximum Gasteiger partial charge on any atom is 0.258 e. The van der Waals surface area contributed by atoms with E-state index in [-0.39, 0.29) is 42.3 Å². The normalized spacial score (nSPS) is 13.1. The molecule has 0 unspecified atom stereocenters. The highest BCUT2D eigenvalue weighted by Gasteiger charge is 2.38. The summed E-state index contributed by atoms with van der Waals surface area (Å²) in [5, 5.41) is -0.206. The maximum atomic E-state index is 14.8. The molecule has 0 spiro atoms. The van der Waals surface area contributed by atoms with E-state index in [9.17, 15) is 22.0 Å². The molecule has 0 saturated carbocycles. The van der Waals surface area contributed by atoms with E-state index < -0.39 is 32.6 Å². The number of aromatic nitrogens is 1. The number of anilines is 1. The van der Waals surface area contributed by atoms with Gasteiger partial charge in [-0.25, -0.2) is 17.2 Å². The van der Waals surface area contributed by atoms with Crippen LogP contribution in [0.1, 0.15) is 27.0 Å². The molecule has 3 aromatic carbocycles. The summed E-state index contributed by atoms with van der Waals surface area (Å²) in [4.78, 5) is 19.6. The summed E-state index contributed by atoms with van der Waals surface area (Å²) in [6, 6.07) is 12.8. The molecule has 40 heavy (non-hydrogen) atoms. The second-order valence-electron chi connectivity index (χ2n) is 9.29. The number of fused-ring (bicyclic) bond motifs is 2. The number of halogens is 3. The SMILES string of the molecule is COc1ccc(COc2c3c(c(N(C)S(C)(=O)=O)c4cccnc24)CN(Cc2ccc(F)c(Cl)c2F)C3=O)cc1. The van der Waals surface area contributed by atoms with Crippen molar-refractivity contribution in [1.29, 1.82) is 0 Å². The number of methoxy groups -OCH3 is 1. The highest BCUT2D eigenvalue weighted by molar-refractivity contribution is 7.92. The van der Waals surface area contributed by atoms with E-state index in [4.69, 9.17) is 21.1 Å². The van der Waals surface area contributed by atoms with Crippen LogP contribution in [0.5, 0.6) is 11.5 Å². The lowest BCUT2D eigenvalue weighted by atomic mass is 10.0. The fourth-order valence-electron chi connectivity index (χ4n) is 4.68. The minimum Gasteiger partial charge on any atom is -0.497 e. The van der Waals surface area contributed by atoms with Crippen LogP contribution in [0, 0.1) is 11.6 Å². The molecule has 0 bridgehead atoms. The first kappa shape index (κ1) is 27.6. The summed E-state index contributed by atoms with van der Waals surface area (Å²) in [7, 11) is -0.800. The Morgan fingerprint density at radius 2 is 1.85 bits per heavy atom. The number of pyridine rings is 1. The van der Waals surface area contributed by atoms with Crippen LogP contribution in [0.3, 0.4) is 0 Å². The molecular formula is C28H24ClF2N3O5S. The number of ether oxygens (including phenoxy) is 2. The summed E-state index contributed by atoms with van der Waals surface area (Å²) in [6.45, 7) is -0.205. The molecule has 4 aromatic rings. The van der Waals surface area contributed by atoms with Crippen LogP contribution >= 0.6 is 11.6 Å². The van der Waals surface area contributed by atoms with Crippen molar-refractivity contribution in [1.82, 2.24) is 9.88 Å². The molecule has 5 rings (SSSR count). The Hall–Kier alpha value is -3.96. The van der Waals surface area contributed by atoms with Gasteiger partial charge in [-0.1, -0.05) is 29.8 Å². The molecule has 12 heteroatoms. The van der Waals surface area contributed by atoms with Crippen molar-refractivity contribution in [2.75, 3.05) is 24.7 Å². The number of hydrogen-bond donors (Lipinski definition) is 0. The van der Waals surface area contributed by atoms with E-state index in [1.807, 2.05) is 12.1 Å². The predicted molar refractivity (Wildman–Crippen MR) is 147 cm³/mol. The molecule has 8 nitrogen and oxygen atoms in total. The molecule has 1 amide bonds. The van der Waals surface area contributed by atoms with Crippen LogP contribution < -0.4 is 13.8 Å². The zero-order valence-electron chi connectivity index (χ0n) is 21.7. The van der Waals surface area contributed by atoms with Gasteiger partial charge in [-0.2, -0.15) is 0 Å². The number of amides is 1. The van der Waals surface area contributed by atoms with Crippen molar-refractivity contribution in [2.45, 2.75) is 19.7 Å². The fourth-order valence-corrected chi connectivity index (χ4v) is 5.40. The van der Waals surface area contributed by atoms with Gasteiger partial charge in [-0.05, 0) is 35.9 Å². The van der Waals surface area contributed by atoms with Gasteiger partial charge in [0.2, 0.25) is 10.0 Å². The van der Waals surface area contributed by atoms with Crippen molar-refractivity contribution in [3.8, 4) is 11.5 Å². The molecule has 1 aliphatic rings. The van der Waals surface area contributed by atoms with Crippen molar-refractivity contribution in [3.05, 3.63) is 93.6 Å². The first-order valence-corrected chi connectivity index (χ1v) is 14.3. The van der Waals surface area contributed by atoms with Crippen LogP contribution in [0.25, 0.3) is 10.9 Å². The summed E-state index contributed by atoms with van der Waals surface area (Å²) < 4.78 is 66.3. The first-order valence-electron chi connectivity index (χ1n) is 12.1. The number of benzene rings is 3. The van der Waals surface area contributed by atoms with Crippen LogP contribution in [-0.4, -0.2) is 44.6 Å². The number of nitrogens with zero attached hydrogens (tertiary/aromatic N) is 3. The highest BCUT2D eigenvalue weighted by atomic mass is 35.5. The lowest BCUT2D eigenvalue weighted by molar-refractivity contribution is 0.0762. The van der Waals surface area contributed by atoms with Gasteiger partial charge in [-0.3, -0.25) is 14.1 Å². The minimum absolute atomic E-state index is 0.00829. The van der Waals surface area contributed by atoms with E-state index in [0.29, 0.717) is 22.2 Å². The molecule has 208 valence electrons. The van der Waals surface area contributed by atoms with Crippen molar-refractivity contribution >= 4 is 44.1 Å². The number of carbonyl (C=O) groups is 1. The number of rotatable bonds is 8. The Bertz CT molecular complexity index is 1750. The van der Waals surface area contributed by atoms with Gasteiger partial charge in [0.05, 0.1) is 24.6 Å². The number of sulfonamides is 1. The van der Waals surface area contributed by atoms with E-state index >= 15 is 0 Å². The van der Waals surface area contributed by atoms with E-state index in [0.717, 1.165) is 22.2 Å². The molecule has 1 aliphatic heterocycles. The lowest BCUT2D eigenvalue weighted by Crippen LogP contribution is -2.26. The molecule has 0 radical (unpaired) electrons. The molecular weight excluding hydrogens is 564 g/mol. The molecule has 0 N–H and O–H groups in total. The molecule has 2 heterocycles. The third-order valence-electron chi connectivity index (χ3n) is 6.77. The predicted octanol–water partition coefficient (Wildman–Crippen LogP) is 5.31. The summed E-state index contributed by atoms with van der Waals surface area (Å²) in [5.74, 6) is -1.56. The Labute approximate surface area is 234 Å². The number of carbonyl (C=O) groups excluding carboxylic acids is 1. The van der Waals surface area contributed by atoms with E-state index in [1.54, 1.807) is 31.4 Å². The topological polar surface area (TPSA) is 89.0 Å². The largest absolute Gasteiger partial charge is 0.497 e. The van der Waals surface area contributed by atoms with Gasteiger partial charge in [-0.15, -0.1) is 0 Å². The van der Waals surface area contributed by atoms with Crippen LogP contribution in [0.4, 0.5) is 14.5 Å². The first-order chi connectivity index (χ1) is 19.0. The maximum absolute atomic E-state index is 14.8. The fraction of sp³-hybridized carbons (Fsp3) is 0.214. The molecule has 0 aliphatic carbocycles. The Balaban J connectivity index is 1.64. The second-order valence-corrected chi connectivity index (χ2v) is 11.7. The summed E-state index contributed by atoms with van der Waals surface area (Å²) in [5.41, 5.74) is 1.88. The third kappa shape index (κ3) is 4.90. The van der Waals surface area contributed by atoms with Crippen molar-refractivity contribution in [3.63, 3.8) is 0 Å². The van der Waals surface area contributed by atoms with Gasteiger partial charge in [0.1, 0.15) is 34.5 Å². The number of hydrogen-bond acceptors (Lipinski definition) is 6. The Morgan fingerprint density at radius 3 is 2.52 bits per heavy atom. The average Bonchev–Trinajstić information content (AvgIpc) is 3.26. The quantitative estimate of drug-likeness (QED) is 0.260. The summed E-state index contributed by atoms with van der Waals surface area (Å²) >= 11 is 5.76. The van der Waals surface area contributed by atoms with Crippen molar-refractivity contribution in [2.24, 2.45) is 0 Å². The minimum atomic E-state index is -3.75. The van der Waals surface area contributed by atoms with Crippen LogP contribution in [0.2, 0.25) is 5.02 Å². The molecule has 0 atom stereocenters. The van der Waals surface area contributed by atoms with E-state index in [1.165, 1.54) is 24.2 Å². The van der Waals surface area contributed by atoms with E-state index in [2.05, 4.69) is 4.98 Å². The lowest BCUT2D eigenvalue weighted by Gasteiger charge is -2.23. The van der Waals surface area contributed by atoms with Gasteiger partial charge < -0.3 is 14.4 Å². The monoisotopic (exact) mass is 587 g/mol. The van der Waals surface area contributed by atoms with Gasteiger partial charge in [0.15, 0.2) is 5.75 Å². The Morgan fingerprint density at radius 1 is 1.12 bits per heavy atom. The highest BCUT2D eigenvalue weighted by Crippen LogP contribution is 2.45. The van der Waals surface area contributed by atoms with Crippen LogP contribution in [0.15, 0.2) is 54.7 Å². The zero-order valence-corrected chi connectivity index (χ0v) is 23.3. The van der Waals surface area contributed by atoms with Gasteiger partial charge in [0, 0.05) is 42.8 Å². The average molecular weight is 588 g/mol. The van der Waals surface area contributed by atoms with Crippen molar-refractivity contribution < 1.29 is 31.5 Å². The molecule has 1 aromatic heterocycles. The standard InChI is InChI=1S/C28H24ClF2N3O5S/c1-33(40(3,36)37)26-19-5-4-12-32-25(19)27(39-15-16-6-9-18(38-2)10-7-16)22-20(26)14-34(28(22)35)13-17-8-11-21(30)23(29)24(17)31/h4-12H,13-15H2,1-3H3. The molecule has 0 saturated heterocycles. The Kier molecular flexibility index (Phi) is 7.28. The van der Waals surface area contributed by atoms with Gasteiger partial charge >= 0.3 is 0 Å². The zero-order chi connectivity index (χ0) is 28.8. The smallest absolute Gasteiger partial charge is 0.258 e. The second kappa shape index (κ2) is 10.5. The van der Waals surface area contributed by atoms with Gasteiger partial charge in [0.25, 0.3) is 5.91 Å². The molecule has 0 fully saturated rings. The third-order valence-corrected chi connectivity index (χ3v) is 8.30. The summed E-state index contributed by atoms with van der Waals surface area (Å²) in [6.07, 6.45) is 2.58. The van der Waals surface area contributed by atoms with Crippen LogP contribution in [-0.2, 0) is 29.7 Å².